The van der Waals surface area contributed by atoms with Gasteiger partial charge in [-0.1, -0.05) is 13.3 Å². The number of piperazine rings is 1. The predicted molar refractivity (Wildman–Crippen MR) is 76.6 cm³/mol. The third-order valence-electron chi connectivity index (χ3n) is 6.06. The highest BCUT2D eigenvalue weighted by atomic mass is 15.3. The SMILES string of the molecule is CCC1CNC(C)CN1C(C)C1CC2CCC1C2. The lowest BCUT2D eigenvalue weighted by Crippen LogP contribution is -2.59. The molecule has 0 aromatic rings. The highest BCUT2D eigenvalue weighted by Crippen LogP contribution is 2.50. The fourth-order valence-electron chi connectivity index (χ4n) is 4.99. The molecule has 6 atom stereocenters. The lowest BCUT2D eigenvalue weighted by molar-refractivity contribution is 0.0446. The van der Waals surface area contributed by atoms with E-state index in [4.69, 9.17) is 0 Å². The van der Waals surface area contributed by atoms with Gasteiger partial charge >= 0.3 is 0 Å². The quantitative estimate of drug-likeness (QED) is 0.828. The maximum atomic E-state index is 3.65. The Bertz CT molecular complexity index is 291. The first-order chi connectivity index (χ1) is 8.69. The Morgan fingerprint density at radius 1 is 1.28 bits per heavy atom. The molecule has 104 valence electrons. The van der Waals surface area contributed by atoms with Gasteiger partial charge in [-0.05, 0) is 57.3 Å². The fourth-order valence-corrected chi connectivity index (χ4v) is 4.99. The van der Waals surface area contributed by atoms with Crippen molar-refractivity contribution in [2.75, 3.05) is 13.1 Å². The van der Waals surface area contributed by atoms with Crippen LogP contribution in [0.2, 0.25) is 0 Å². The zero-order valence-electron chi connectivity index (χ0n) is 12.4. The molecule has 0 aromatic carbocycles. The molecule has 2 bridgehead atoms. The number of fused-ring (bicyclic) bond motifs is 2. The Morgan fingerprint density at radius 3 is 2.72 bits per heavy atom. The Hall–Kier alpha value is -0.0800. The number of nitrogens with zero attached hydrogens (tertiary/aromatic N) is 1. The van der Waals surface area contributed by atoms with Gasteiger partial charge in [0.2, 0.25) is 0 Å². The fraction of sp³-hybridized carbons (Fsp3) is 1.00. The van der Waals surface area contributed by atoms with E-state index < -0.39 is 0 Å². The summed E-state index contributed by atoms with van der Waals surface area (Å²) in [4.78, 5) is 2.84. The zero-order chi connectivity index (χ0) is 12.7. The van der Waals surface area contributed by atoms with E-state index in [0.29, 0.717) is 6.04 Å². The molecule has 1 saturated heterocycles. The van der Waals surface area contributed by atoms with Crippen molar-refractivity contribution in [3.05, 3.63) is 0 Å². The standard InChI is InChI=1S/C16H30N2/c1-4-15-9-17-11(2)10-18(15)12(3)16-8-13-5-6-14(16)7-13/h11-17H,4-10H2,1-3H3. The normalized spacial score (nSPS) is 46.5. The van der Waals surface area contributed by atoms with Crippen molar-refractivity contribution in [2.24, 2.45) is 17.8 Å². The summed E-state index contributed by atoms with van der Waals surface area (Å²) in [6.45, 7) is 9.66. The zero-order valence-corrected chi connectivity index (χ0v) is 12.4. The van der Waals surface area contributed by atoms with Crippen LogP contribution in [0.5, 0.6) is 0 Å². The van der Waals surface area contributed by atoms with Gasteiger partial charge in [-0.2, -0.15) is 0 Å². The molecule has 0 amide bonds. The highest BCUT2D eigenvalue weighted by molar-refractivity contribution is 4.97. The summed E-state index contributed by atoms with van der Waals surface area (Å²) in [5.74, 6) is 3.15. The number of nitrogens with one attached hydrogen (secondary N) is 1. The van der Waals surface area contributed by atoms with Gasteiger partial charge in [-0.3, -0.25) is 4.90 Å². The van der Waals surface area contributed by atoms with Crippen molar-refractivity contribution < 1.29 is 0 Å². The first-order valence-corrected chi connectivity index (χ1v) is 8.18. The smallest absolute Gasteiger partial charge is 0.0221 e. The summed E-state index contributed by atoms with van der Waals surface area (Å²) in [6.07, 6.45) is 7.43. The van der Waals surface area contributed by atoms with E-state index in [0.717, 1.165) is 29.8 Å². The summed E-state index contributed by atoms with van der Waals surface area (Å²) in [5, 5.41) is 3.65. The van der Waals surface area contributed by atoms with Gasteiger partial charge in [0.05, 0.1) is 0 Å². The molecule has 2 aliphatic carbocycles. The van der Waals surface area contributed by atoms with Crippen LogP contribution in [0, 0.1) is 17.8 Å². The van der Waals surface area contributed by atoms with Crippen LogP contribution >= 0.6 is 0 Å². The Balaban J connectivity index is 1.68. The number of rotatable bonds is 3. The summed E-state index contributed by atoms with van der Waals surface area (Å²) in [7, 11) is 0. The molecule has 1 heterocycles. The van der Waals surface area contributed by atoms with Crippen LogP contribution in [0.3, 0.4) is 0 Å². The molecule has 2 saturated carbocycles. The lowest BCUT2D eigenvalue weighted by Gasteiger charge is -2.46. The first kappa shape index (κ1) is 12.9. The van der Waals surface area contributed by atoms with Gasteiger partial charge in [-0.15, -0.1) is 0 Å². The van der Waals surface area contributed by atoms with Crippen molar-refractivity contribution in [3.63, 3.8) is 0 Å². The van der Waals surface area contributed by atoms with E-state index in [2.05, 4.69) is 31.0 Å². The molecule has 18 heavy (non-hydrogen) atoms. The maximum Gasteiger partial charge on any atom is 0.0221 e. The van der Waals surface area contributed by atoms with Gasteiger partial charge < -0.3 is 5.32 Å². The second-order valence-electron chi connectivity index (χ2n) is 7.15. The van der Waals surface area contributed by atoms with Crippen LogP contribution in [0.1, 0.15) is 52.9 Å². The average molecular weight is 250 g/mol. The summed E-state index contributed by atoms with van der Waals surface area (Å²) in [5.41, 5.74) is 0. The summed E-state index contributed by atoms with van der Waals surface area (Å²) in [6, 6.07) is 2.26. The maximum absolute atomic E-state index is 3.65. The van der Waals surface area contributed by atoms with Crippen molar-refractivity contribution in [3.8, 4) is 0 Å². The van der Waals surface area contributed by atoms with E-state index in [9.17, 15) is 0 Å². The summed E-state index contributed by atoms with van der Waals surface area (Å²) >= 11 is 0. The van der Waals surface area contributed by atoms with Gasteiger partial charge in [0.15, 0.2) is 0 Å². The highest BCUT2D eigenvalue weighted by Gasteiger charge is 2.44. The second-order valence-corrected chi connectivity index (χ2v) is 7.15. The average Bonchev–Trinajstić information content (AvgIpc) is 3.00. The first-order valence-electron chi connectivity index (χ1n) is 8.18. The van der Waals surface area contributed by atoms with Crippen LogP contribution in [-0.2, 0) is 0 Å². The minimum Gasteiger partial charge on any atom is -0.311 e. The van der Waals surface area contributed by atoms with Crippen molar-refractivity contribution in [1.29, 1.82) is 0 Å². The van der Waals surface area contributed by atoms with Gasteiger partial charge in [0.1, 0.15) is 0 Å². The third kappa shape index (κ3) is 2.22. The minimum atomic E-state index is 0.675. The number of hydrogen-bond acceptors (Lipinski definition) is 2. The molecule has 3 aliphatic rings. The number of hydrogen-bond donors (Lipinski definition) is 1. The van der Waals surface area contributed by atoms with E-state index >= 15 is 0 Å². The lowest BCUT2D eigenvalue weighted by atomic mass is 9.82. The van der Waals surface area contributed by atoms with Gasteiger partial charge in [0.25, 0.3) is 0 Å². The van der Waals surface area contributed by atoms with Crippen molar-refractivity contribution in [2.45, 2.75) is 71.0 Å². The molecule has 3 fully saturated rings. The van der Waals surface area contributed by atoms with Gasteiger partial charge in [-0.25, -0.2) is 0 Å². The molecule has 2 heteroatoms. The molecule has 0 spiro atoms. The van der Waals surface area contributed by atoms with Crippen molar-refractivity contribution >= 4 is 0 Å². The van der Waals surface area contributed by atoms with E-state index in [1.165, 1.54) is 38.8 Å². The molecule has 0 radical (unpaired) electrons. The van der Waals surface area contributed by atoms with Crippen LogP contribution in [0.15, 0.2) is 0 Å². The second kappa shape index (κ2) is 5.13. The monoisotopic (exact) mass is 250 g/mol. The molecular weight excluding hydrogens is 220 g/mol. The van der Waals surface area contributed by atoms with Crippen LogP contribution in [0.4, 0.5) is 0 Å². The molecule has 1 N–H and O–H groups in total. The molecule has 1 aliphatic heterocycles. The Labute approximate surface area is 113 Å². The third-order valence-corrected chi connectivity index (χ3v) is 6.06. The van der Waals surface area contributed by atoms with E-state index in [1.807, 2.05) is 0 Å². The molecular formula is C16H30N2. The summed E-state index contributed by atoms with van der Waals surface area (Å²) < 4.78 is 0. The van der Waals surface area contributed by atoms with Crippen LogP contribution in [-0.4, -0.2) is 36.1 Å². The van der Waals surface area contributed by atoms with Crippen LogP contribution in [0.25, 0.3) is 0 Å². The Morgan fingerprint density at radius 2 is 2.11 bits per heavy atom. The Kier molecular flexibility index (Phi) is 3.68. The topological polar surface area (TPSA) is 15.3 Å². The van der Waals surface area contributed by atoms with E-state index in [-0.39, 0.29) is 0 Å². The van der Waals surface area contributed by atoms with Crippen LogP contribution < -0.4 is 5.32 Å². The molecule has 6 unspecified atom stereocenters. The largest absolute Gasteiger partial charge is 0.311 e. The predicted octanol–water partition coefficient (Wildman–Crippen LogP) is 2.88. The van der Waals surface area contributed by atoms with E-state index in [1.54, 1.807) is 6.42 Å². The molecule has 2 nitrogen and oxygen atoms in total. The minimum absolute atomic E-state index is 0.675. The molecule has 0 aromatic heterocycles. The van der Waals surface area contributed by atoms with Gasteiger partial charge in [0, 0.05) is 31.2 Å². The van der Waals surface area contributed by atoms with Crippen molar-refractivity contribution in [1.82, 2.24) is 10.2 Å². The molecule has 3 rings (SSSR count).